The van der Waals surface area contributed by atoms with Crippen LogP contribution < -0.4 is 15.0 Å². The largest absolute Gasteiger partial charge is 0.487 e. The van der Waals surface area contributed by atoms with Gasteiger partial charge >= 0.3 is 0 Å². The number of benzene rings is 2. The second kappa shape index (κ2) is 10.7. The fourth-order valence-corrected chi connectivity index (χ4v) is 5.10. The zero-order chi connectivity index (χ0) is 21.5. The van der Waals surface area contributed by atoms with Gasteiger partial charge in [-0.1, -0.05) is 49.0 Å². The van der Waals surface area contributed by atoms with E-state index >= 15 is 0 Å². The third-order valence-electron chi connectivity index (χ3n) is 5.10. The van der Waals surface area contributed by atoms with Crippen molar-refractivity contribution in [3.63, 3.8) is 0 Å². The van der Waals surface area contributed by atoms with Crippen molar-refractivity contribution in [1.82, 2.24) is 5.32 Å². The SMILES string of the molecule is CCC1S/C(=N/N=C(/COc2ccccc2)c2ccc(N3CCSCC3)cc2)NC1=O. The van der Waals surface area contributed by atoms with Crippen molar-refractivity contribution in [3.05, 3.63) is 60.2 Å². The molecule has 6 nitrogen and oxygen atoms in total. The molecule has 0 radical (unpaired) electrons. The highest BCUT2D eigenvalue weighted by molar-refractivity contribution is 8.15. The molecule has 1 atom stereocenters. The monoisotopic (exact) mass is 454 g/mol. The van der Waals surface area contributed by atoms with Crippen LogP contribution in [-0.2, 0) is 4.79 Å². The molecule has 0 bridgehead atoms. The summed E-state index contributed by atoms with van der Waals surface area (Å²) in [6.45, 7) is 4.43. The lowest BCUT2D eigenvalue weighted by atomic mass is 10.1. The molecule has 8 heteroatoms. The highest BCUT2D eigenvalue weighted by atomic mass is 32.2. The van der Waals surface area contributed by atoms with Gasteiger partial charge in [0.1, 0.15) is 18.1 Å². The van der Waals surface area contributed by atoms with Gasteiger partial charge in [-0.3, -0.25) is 4.79 Å². The second-order valence-electron chi connectivity index (χ2n) is 7.20. The number of rotatable bonds is 7. The van der Waals surface area contributed by atoms with Crippen LogP contribution in [0.1, 0.15) is 18.9 Å². The lowest BCUT2D eigenvalue weighted by Crippen LogP contribution is -2.32. The van der Waals surface area contributed by atoms with E-state index in [-0.39, 0.29) is 17.8 Å². The number of anilines is 1. The molecule has 2 aromatic rings. The summed E-state index contributed by atoms with van der Waals surface area (Å²) in [5, 5.41) is 12.0. The standard InChI is InChI=1S/C23H26N4O2S2/c1-2-21-22(28)24-23(31-21)26-25-20(16-29-19-6-4-3-5-7-19)17-8-10-18(11-9-17)27-12-14-30-15-13-27/h3-11,21H,2,12-16H2,1H3,(H,24,26,28)/b25-20-. The predicted octanol–water partition coefficient (Wildman–Crippen LogP) is 4.02. The predicted molar refractivity (Wildman–Crippen MR) is 132 cm³/mol. The van der Waals surface area contributed by atoms with E-state index in [4.69, 9.17) is 4.74 Å². The van der Waals surface area contributed by atoms with Gasteiger partial charge < -0.3 is 15.0 Å². The number of amides is 1. The number of hydrogen-bond donors (Lipinski definition) is 1. The average molecular weight is 455 g/mol. The first kappa shape index (κ1) is 21.8. The maximum Gasteiger partial charge on any atom is 0.239 e. The van der Waals surface area contributed by atoms with E-state index < -0.39 is 0 Å². The maximum atomic E-state index is 11.9. The molecule has 1 amide bonds. The Morgan fingerprint density at radius 2 is 1.87 bits per heavy atom. The number of carbonyl (C=O) groups excluding carboxylic acids is 1. The normalized spacial score (nSPS) is 20.7. The Kier molecular flexibility index (Phi) is 7.53. The molecule has 2 fully saturated rings. The molecule has 0 aliphatic carbocycles. The van der Waals surface area contributed by atoms with Gasteiger partial charge in [-0.2, -0.15) is 11.8 Å². The van der Waals surface area contributed by atoms with Gasteiger partial charge in [0, 0.05) is 35.8 Å². The molecule has 2 aliphatic rings. The van der Waals surface area contributed by atoms with Gasteiger partial charge in [0.15, 0.2) is 5.17 Å². The van der Waals surface area contributed by atoms with Crippen molar-refractivity contribution in [1.29, 1.82) is 0 Å². The van der Waals surface area contributed by atoms with Crippen LogP contribution in [0.4, 0.5) is 5.69 Å². The molecule has 2 saturated heterocycles. The number of hydrogen-bond acceptors (Lipinski definition) is 7. The number of carbonyl (C=O) groups is 1. The van der Waals surface area contributed by atoms with Crippen molar-refractivity contribution < 1.29 is 9.53 Å². The lowest BCUT2D eigenvalue weighted by molar-refractivity contribution is -0.118. The van der Waals surface area contributed by atoms with E-state index in [0.29, 0.717) is 10.9 Å². The second-order valence-corrected chi connectivity index (χ2v) is 9.62. The zero-order valence-electron chi connectivity index (χ0n) is 17.5. The molecule has 1 unspecified atom stereocenters. The van der Waals surface area contributed by atoms with E-state index in [1.165, 1.54) is 29.0 Å². The molecular formula is C23H26N4O2S2. The van der Waals surface area contributed by atoms with E-state index in [9.17, 15) is 4.79 Å². The Balaban J connectivity index is 1.53. The highest BCUT2D eigenvalue weighted by Crippen LogP contribution is 2.23. The summed E-state index contributed by atoms with van der Waals surface area (Å²) in [6.07, 6.45) is 0.764. The first-order valence-electron chi connectivity index (χ1n) is 10.5. The van der Waals surface area contributed by atoms with Crippen molar-refractivity contribution >= 4 is 46.0 Å². The van der Waals surface area contributed by atoms with E-state index in [1.807, 2.05) is 49.0 Å². The Hall–Kier alpha value is -2.45. The average Bonchev–Trinajstić information content (AvgIpc) is 3.20. The number of ether oxygens (including phenoxy) is 1. The van der Waals surface area contributed by atoms with Crippen molar-refractivity contribution in [2.45, 2.75) is 18.6 Å². The Labute approximate surface area is 191 Å². The van der Waals surface area contributed by atoms with Crippen LogP contribution in [0.2, 0.25) is 0 Å². The summed E-state index contributed by atoms with van der Waals surface area (Å²) < 4.78 is 5.94. The summed E-state index contributed by atoms with van der Waals surface area (Å²) in [5.74, 6) is 3.10. The fraction of sp³-hybridized carbons (Fsp3) is 0.348. The molecule has 0 saturated carbocycles. The minimum Gasteiger partial charge on any atom is -0.487 e. The van der Waals surface area contributed by atoms with Gasteiger partial charge in [0.05, 0.1) is 5.25 Å². The number of para-hydroxylation sites is 1. The summed E-state index contributed by atoms with van der Waals surface area (Å²) in [5.41, 5.74) is 2.90. The Morgan fingerprint density at radius 3 is 2.55 bits per heavy atom. The molecule has 4 rings (SSSR count). The first-order valence-corrected chi connectivity index (χ1v) is 12.5. The number of amidine groups is 1. The van der Waals surface area contributed by atoms with Gasteiger partial charge in [-0.15, -0.1) is 10.2 Å². The van der Waals surface area contributed by atoms with Crippen molar-refractivity contribution in [2.75, 3.05) is 36.1 Å². The quantitative estimate of drug-likeness (QED) is 0.506. The summed E-state index contributed by atoms with van der Waals surface area (Å²) in [7, 11) is 0. The minimum absolute atomic E-state index is 0.00687. The lowest BCUT2D eigenvalue weighted by Gasteiger charge is -2.28. The van der Waals surface area contributed by atoms with Gasteiger partial charge in [0.25, 0.3) is 0 Å². The van der Waals surface area contributed by atoms with Gasteiger partial charge in [-0.05, 0) is 30.7 Å². The molecule has 162 valence electrons. The van der Waals surface area contributed by atoms with Crippen LogP contribution in [0.5, 0.6) is 5.75 Å². The zero-order valence-corrected chi connectivity index (χ0v) is 19.1. The molecule has 2 heterocycles. The molecular weight excluding hydrogens is 428 g/mol. The number of nitrogens with zero attached hydrogens (tertiary/aromatic N) is 3. The highest BCUT2D eigenvalue weighted by Gasteiger charge is 2.28. The van der Waals surface area contributed by atoms with Crippen molar-refractivity contribution in [2.24, 2.45) is 10.2 Å². The van der Waals surface area contributed by atoms with Gasteiger partial charge in [-0.25, -0.2) is 0 Å². The molecule has 31 heavy (non-hydrogen) atoms. The van der Waals surface area contributed by atoms with Crippen LogP contribution >= 0.6 is 23.5 Å². The summed E-state index contributed by atoms with van der Waals surface area (Å²) in [6, 6.07) is 18.1. The first-order chi connectivity index (χ1) is 15.2. The minimum atomic E-state index is -0.0973. The Bertz CT molecular complexity index is 942. The topological polar surface area (TPSA) is 66.3 Å². The molecule has 0 aromatic heterocycles. The molecule has 2 aliphatic heterocycles. The fourth-order valence-electron chi connectivity index (χ4n) is 3.35. The summed E-state index contributed by atoms with van der Waals surface area (Å²) in [4.78, 5) is 14.3. The van der Waals surface area contributed by atoms with E-state index in [2.05, 4.69) is 44.7 Å². The van der Waals surface area contributed by atoms with Crippen LogP contribution in [0.15, 0.2) is 64.8 Å². The number of thioether (sulfide) groups is 2. The van der Waals surface area contributed by atoms with Crippen LogP contribution in [0, 0.1) is 0 Å². The number of nitrogens with one attached hydrogen (secondary N) is 1. The van der Waals surface area contributed by atoms with Crippen LogP contribution in [0.3, 0.4) is 0 Å². The van der Waals surface area contributed by atoms with Gasteiger partial charge in [0.2, 0.25) is 5.91 Å². The van der Waals surface area contributed by atoms with Crippen LogP contribution in [-0.4, -0.2) is 53.2 Å². The molecule has 1 N–H and O–H groups in total. The molecule has 2 aromatic carbocycles. The third-order valence-corrected chi connectivity index (χ3v) is 7.29. The third kappa shape index (κ3) is 5.83. The smallest absolute Gasteiger partial charge is 0.239 e. The Morgan fingerprint density at radius 1 is 1.13 bits per heavy atom. The van der Waals surface area contributed by atoms with E-state index in [1.54, 1.807) is 0 Å². The maximum absolute atomic E-state index is 11.9. The van der Waals surface area contributed by atoms with E-state index in [0.717, 1.165) is 30.8 Å². The summed E-state index contributed by atoms with van der Waals surface area (Å²) >= 11 is 3.43. The van der Waals surface area contributed by atoms with Crippen molar-refractivity contribution in [3.8, 4) is 5.75 Å². The van der Waals surface area contributed by atoms with Crippen LogP contribution in [0.25, 0.3) is 0 Å². The molecule has 0 spiro atoms.